The van der Waals surface area contributed by atoms with Crippen LogP contribution in [0.2, 0.25) is 0 Å². The molecule has 0 radical (unpaired) electrons. The molecule has 34 heavy (non-hydrogen) atoms. The fraction of sp³-hybridized carbons (Fsp3) is 0.478. The lowest BCUT2D eigenvalue weighted by Crippen LogP contribution is -2.37. The van der Waals surface area contributed by atoms with Gasteiger partial charge in [0.05, 0.1) is 0 Å². The Labute approximate surface area is 201 Å². The molecule has 0 aliphatic carbocycles. The molecule has 0 saturated carbocycles. The number of carbonyl (C=O) groups is 2. The minimum absolute atomic E-state index is 0.0429. The predicted octanol–water partition coefficient (Wildman–Crippen LogP) is 5.09. The lowest BCUT2D eigenvalue weighted by atomic mass is 10.0. The number of halogens is 3. The Hall–Kier alpha value is -2.82. The van der Waals surface area contributed by atoms with Gasteiger partial charge in [-0.25, -0.2) is 14.8 Å². The van der Waals surface area contributed by atoms with Crippen molar-refractivity contribution in [2.45, 2.75) is 57.0 Å². The third-order valence-corrected chi connectivity index (χ3v) is 5.67. The number of thioether (sulfide) groups is 1. The van der Waals surface area contributed by atoms with Crippen molar-refractivity contribution in [2.75, 3.05) is 18.1 Å². The van der Waals surface area contributed by atoms with Crippen molar-refractivity contribution in [3.63, 3.8) is 0 Å². The number of carbonyl (C=O) groups excluding carboxylic acids is 1. The standard InChI is InChI=1S/C21H28N4OS.C2HF3O2/c1-15(2)12-17-10-7-11-25(17)20(26)18-14-23-21(27-3)24-19(18)22-13-16-8-5-4-6-9-16;3-2(4,5)1(6)7/h4-6,8-9,14-15,17H,7,10-13H2,1-3H3,(H,22,23,24);(H,6,7). The summed E-state index contributed by atoms with van der Waals surface area (Å²) in [6.07, 6.45) is 1.73. The summed E-state index contributed by atoms with van der Waals surface area (Å²) in [6, 6.07) is 10.5. The Morgan fingerprint density at radius 2 is 1.91 bits per heavy atom. The quantitative estimate of drug-likeness (QED) is 0.405. The number of aromatic nitrogens is 2. The normalized spacial score (nSPS) is 15.6. The molecule has 1 atom stereocenters. The van der Waals surface area contributed by atoms with Gasteiger partial charge in [-0.3, -0.25) is 4.79 Å². The maximum atomic E-state index is 13.3. The van der Waals surface area contributed by atoms with Crippen molar-refractivity contribution >= 4 is 29.5 Å². The van der Waals surface area contributed by atoms with Crippen LogP contribution in [0.25, 0.3) is 0 Å². The molecule has 7 nitrogen and oxygen atoms in total. The number of alkyl halides is 3. The van der Waals surface area contributed by atoms with Crippen LogP contribution in [0.4, 0.5) is 19.0 Å². The van der Waals surface area contributed by atoms with E-state index in [9.17, 15) is 18.0 Å². The molecule has 1 fully saturated rings. The number of rotatable bonds is 7. The number of carboxylic acid groups (broad SMARTS) is 1. The van der Waals surface area contributed by atoms with E-state index in [2.05, 4.69) is 41.3 Å². The zero-order valence-corrected chi connectivity index (χ0v) is 20.1. The fourth-order valence-electron chi connectivity index (χ4n) is 3.58. The highest BCUT2D eigenvalue weighted by atomic mass is 32.2. The molecule has 2 N–H and O–H groups in total. The monoisotopic (exact) mass is 498 g/mol. The second kappa shape index (κ2) is 12.6. The van der Waals surface area contributed by atoms with Gasteiger partial charge in [-0.1, -0.05) is 55.9 Å². The lowest BCUT2D eigenvalue weighted by molar-refractivity contribution is -0.192. The Morgan fingerprint density at radius 3 is 2.47 bits per heavy atom. The molecule has 1 aromatic carbocycles. The number of benzene rings is 1. The van der Waals surface area contributed by atoms with Gasteiger partial charge in [-0.05, 0) is 37.0 Å². The molecule has 186 valence electrons. The molecule has 1 aromatic heterocycles. The Bertz CT molecular complexity index is 958. The van der Waals surface area contributed by atoms with E-state index < -0.39 is 12.1 Å². The SMILES string of the molecule is CSc1ncc(C(=O)N2CCCC2CC(C)C)c(NCc2ccccc2)n1.O=C(O)C(F)(F)F. The van der Waals surface area contributed by atoms with Crippen LogP contribution in [0, 0.1) is 5.92 Å². The number of amides is 1. The lowest BCUT2D eigenvalue weighted by Gasteiger charge is -2.26. The van der Waals surface area contributed by atoms with Crippen LogP contribution in [0.5, 0.6) is 0 Å². The van der Waals surface area contributed by atoms with Crippen molar-refractivity contribution in [1.29, 1.82) is 0 Å². The van der Waals surface area contributed by atoms with Crippen LogP contribution < -0.4 is 5.32 Å². The van der Waals surface area contributed by atoms with E-state index in [-0.39, 0.29) is 5.91 Å². The fourth-order valence-corrected chi connectivity index (χ4v) is 3.92. The molecule has 0 spiro atoms. The summed E-state index contributed by atoms with van der Waals surface area (Å²) in [5.41, 5.74) is 1.72. The van der Waals surface area contributed by atoms with E-state index in [1.807, 2.05) is 29.4 Å². The van der Waals surface area contributed by atoms with Crippen LogP contribution in [-0.2, 0) is 11.3 Å². The number of carboxylic acids is 1. The van der Waals surface area contributed by atoms with E-state index in [1.54, 1.807) is 6.20 Å². The first-order valence-electron chi connectivity index (χ1n) is 10.8. The molecular weight excluding hydrogens is 469 g/mol. The topological polar surface area (TPSA) is 95.4 Å². The minimum atomic E-state index is -5.08. The number of nitrogens with zero attached hydrogens (tertiary/aromatic N) is 3. The van der Waals surface area contributed by atoms with Crippen molar-refractivity contribution in [2.24, 2.45) is 5.92 Å². The second-order valence-corrected chi connectivity index (χ2v) is 8.96. The molecule has 3 rings (SSSR count). The van der Waals surface area contributed by atoms with E-state index in [4.69, 9.17) is 9.90 Å². The van der Waals surface area contributed by atoms with Crippen LogP contribution in [0.3, 0.4) is 0 Å². The third kappa shape index (κ3) is 8.19. The summed E-state index contributed by atoms with van der Waals surface area (Å²) in [4.78, 5) is 33.1. The highest BCUT2D eigenvalue weighted by Gasteiger charge is 2.38. The summed E-state index contributed by atoms with van der Waals surface area (Å²) >= 11 is 1.48. The summed E-state index contributed by atoms with van der Waals surface area (Å²) in [5, 5.41) is 11.1. The number of hydrogen-bond acceptors (Lipinski definition) is 6. The molecule has 0 bridgehead atoms. The second-order valence-electron chi connectivity index (χ2n) is 8.19. The van der Waals surface area contributed by atoms with Gasteiger partial charge in [-0.2, -0.15) is 13.2 Å². The van der Waals surface area contributed by atoms with Crippen LogP contribution in [0.15, 0.2) is 41.7 Å². The van der Waals surface area contributed by atoms with Gasteiger partial charge in [0.1, 0.15) is 11.4 Å². The van der Waals surface area contributed by atoms with Crippen molar-refractivity contribution in [1.82, 2.24) is 14.9 Å². The molecule has 1 aliphatic rings. The Balaban J connectivity index is 0.000000509. The van der Waals surface area contributed by atoms with Crippen molar-refractivity contribution in [3.05, 3.63) is 47.7 Å². The summed E-state index contributed by atoms with van der Waals surface area (Å²) < 4.78 is 31.7. The number of aliphatic carboxylic acids is 1. The van der Waals surface area contributed by atoms with E-state index in [0.717, 1.165) is 31.4 Å². The molecule has 1 aliphatic heterocycles. The van der Waals surface area contributed by atoms with E-state index >= 15 is 0 Å². The number of nitrogens with one attached hydrogen (secondary N) is 1. The number of anilines is 1. The van der Waals surface area contributed by atoms with Gasteiger partial charge in [0.25, 0.3) is 5.91 Å². The number of hydrogen-bond donors (Lipinski definition) is 2. The average Bonchev–Trinajstić information content (AvgIpc) is 3.25. The third-order valence-electron chi connectivity index (χ3n) is 5.11. The zero-order chi connectivity index (χ0) is 25.3. The summed E-state index contributed by atoms with van der Waals surface area (Å²) in [6.45, 7) is 5.87. The van der Waals surface area contributed by atoms with Crippen molar-refractivity contribution < 1.29 is 27.9 Å². The first-order valence-corrected chi connectivity index (χ1v) is 12.0. The molecule has 1 amide bonds. The maximum Gasteiger partial charge on any atom is 0.490 e. The van der Waals surface area contributed by atoms with E-state index in [0.29, 0.717) is 35.0 Å². The summed E-state index contributed by atoms with van der Waals surface area (Å²) in [5.74, 6) is -1.51. The zero-order valence-electron chi connectivity index (χ0n) is 19.3. The van der Waals surface area contributed by atoms with Gasteiger partial charge in [0.2, 0.25) is 0 Å². The van der Waals surface area contributed by atoms with Crippen LogP contribution in [-0.4, -0.2) is 56.9 Å². The molecule has 2 aromatic rings. The predicted molar refractivity (Wildman–Crippen MR) is 125 cm³/mol. The van der Waals surface area contributed by atoms with Gasteiger partial charge in [0, 0.05) is 25.3 Å². The first kappa shape index (κ1) is 27.4. The highest BCUT2D eigenvalue weighted by Crippen LogP contribution is 2.27. The molecule has 1 unspecified atom stereocenters. The first-order chi connectivity index (χ1) is 16.0. The molecule has 11 heteroatoms. The average molecular weight is 499 g/mol. The summed E-state index contributed by atoms with van der Waals surface area (Å²) in [7, 11) is 0. The van der Waals surface area contributed by atoms with Gasteiger partial charge in [0.15, 0.2) is 5.16 Å². The van der Waals surface area contributed by atoms with Crippen LogP contribution in [0.1, 0.15) is 49.0 Å². The van der Waals surface area contributed by atoms with Gasteiger partial charge < -0.3 is 15.3 Å². The van der Waals surface area contributed by atoms with Crippen LogP contribution >= 0.6 is 11.8 Å². The largest absolute Gasteiger partial charge is 0.490 e. The van der Waals surface area contributed by atoms with Crippen molar-refractivity contribution in [3.8, 4) is 0 Å². The molecular formula is C23H29F3N4O3S. The smallest absolute Gasteiger partial charge is 0.475 e. The molecule has 1 saturated heterocycles. The van der Waals surface area contributed by atoms with E-state index in [1.165, 1.54) is 11.8 Å². The molecule has 2 heterocycles. The Morgan fingerprint density at radius 1 is 1.26 bits per heavy atom. The minimum Gasteiger partial charge on any atom is -0.475 e. The maximum absolute atomic E-state index is 13.3. The number of likely N-dealkylation sites (tertiary alicyclic amines) is 1. The highest BCUT2D eigenvalue weighted by molar-refractivity contribution is 7.98. The van der Waals surface area contributed by atoms with Gasteiger partial charge >= 0.3 is 12.1 Å². The Kier molecular flexibility index (Phi) is 10.2. The van der Waals surface area contributed by atoms with Gasteiger partial charge in [-0.15, -0.1) is 0 Å².